The summed E-state index contributed by atoms with van der Waals surface area (Å²) in [6.07, 6.45) is 3.47. The van der Waals surface area contributed by atoms with Crippen molar-refractivity contribution in [2.45, 2.75) is 25.7 Å². The van der Waals surface area contributed by atoms with Gasteiger partial charge in [-0.25, -0.2) is 0 Å². The molecule has 0 saturated carbocycles. The first-order chi connectivity index (χ1) is 8.00. The van der Waals surface area contributed by atoms with Crippen molar-refractivity contribution in [3.63, 3.8) is 0 Å². The van der Waals surface area contributed by atoms with E-state index in [-0.39, 0.29) is 6.42 Å². The van der Waals surface area contributed by atoms with Crippen LogP contribution in [0, 0.1) is 0 Å². The third-order valence-corrected chi connectivity index (χ3v) is 2.91. The molecule has 0 atom stereocenters. The molecule has 0 spiro atoms. The third kappa shape index (κ3) is 2.25. The molecule has 1 heterocycles. The summed E-state index contributed by atoms with van der Waals surface area (Å²) in [5.41, 5.74) is 0.571. The molecule has 17 heavy (non-hydrogen) atoms. The van der Waals surface area contributed by atoms with E-state index < -0.39 is 11.4 Å². The second-order valence-corrected chi connectivity index (χ2v) is 4.75. The molecule has 0 amide bonds. The first-order valence-electron chi connectivity index (χ1n) is 5.42. The summed E-state index contributed by atoms with van der Waals surface area (Å²) in [4.78, 5) is 10.9. The minimum atomic E-state index is -0.797. The van der Waals surface area contributed by atoms with Crippen LogP contribution in [0.4, 0.5) is 0 Å². The fourth-order valence-electron chi connectivity index (χ4n) is 2.09. The van der Waals surface area contributed by atoms with Crippen LogP contribution in [-0.4, -0.2) is 21.3 Å². The first-order valence-corrected chi connectivity index (χ1v) is 5.42. The van der Waals surface area contributed by atoms with Crippen molar-refractivity contribution in [1.82, 2.24) is 10.2 Å². The number of carbonyl (C=O) groups is 1. The Balaban J connectivity index is 2.58. The highest BCUT2D eigenvalue weighted by molar-refractivity contribution is 5.85. The first kappa shape index (κ1) is 11.5. The fraction of sp³-hybridized carbons (Fsp3) is 0.308. The van der Waals surface area contributed by atoms with Crippen molar-refractivity contribution in [2.24, 2.45) is 0 Å². The zero-order valence-corrected chi connectivity index (χ0v) is 9.84. The fourth-order valence-corrected chi connectivity index (χ4v) is 2.09. The van der Waals surface area contributed by atoms with Gasteiger partial charge in [-0.2, -0.15) is 10.2 Å². The van der Waals surface area contributed by atoms with Crippen LogP contribution in [0.25, 0.3) is 10.8 Å². The summed E-state index contributed by atoms with van der Waals surface area (Å²) in [7, 11) is 0. The Hall–Kier alpha value is -1.97. The minimum absolute atomic E-state index is 0.0917. The molecular weight excluding hydrogens is 216 g/mol. The molecule has 0 radical (unpaired) electrons. The van der Waals surface area contributed by atoms with Crippen LogP contribution in [0.1, 0.15) is 25.8 Å². The number of rotatable bonds is 3. The van der Waals surface area contributed by atoms with Crippen molar-refractivity contribution < 1.29 is 9.90 Å². The summed E-state index contributed by atoms with van der Waals surface area (Å²) >= 11 is 0. The smallest absolute Gasteiger partial charge is 0.304 e. The van der Waals surface area contributed by atoms with E-state index in [1.165, 1.54) is 0 Å². The van der Waals surface area contributed by atoms with Crippen LogP contribution in [-0.2, 0) is 10.2 Å². The van der Waals surface area contributed by atoms with E-state index >= 15 is 0 Å². The van der Waals surface area contributed by atoms with Gasteiger partial charge in [-0.15, -0.1) is 0 Å². The molecule has 0 fully saturated rings. The molecule has 2 aromatic rings. The third-order valence-electron chi connectivity index (χ3n) is 2.91. The predicted octanol–water partition coefficient (Wildman–Crippen LogP) is 2.38. The number of aromatic nitrogens is 2. The largest absolute Gasteiger partial charge is 0.481 e. The average molecular weight is 230 g/mol. The van der Waals surface area contributed by atoms with Gasteiger partial charge in [0.05, 0.1) is 18.8 Å². The van der Waals surface area contributed by atoms with Gasteiger partial charge < -0.3 is 5.11 Å². The summed E-state index contributed by atoms with van der Waals surface area (Å²) in [5, 5.41) is 18.6. The second-order valence-electron chi connectivity index (χ2n) is 4.75. The van der Waals surface area contributed by atoms with Crippen LogP contribution in [0.15, 0.2) is 30.6 Å². The van der Waals surface area contributed by atoms with Gasteiger partial charge in [0.2, 0.25) is 0 Å². The highest BCUT2D eigenvalue weighted by atomic mass is 16.4. The summed E-state index contributed by atoms with van der Waals surface area (Å²) in [6, 6.07) is 5.82. The van der Waals surface area contributed by atoms with Crippen molar-refractivity contribution >= 4 is 16.7 Å². The average Bonchev–Trinajstić information content (AvgIpc) is 2.26. The molecule has 0 saturated heterocycles. The van der Waals surface area contributed by atoms with Gasteiger partial charge in [0.25, 0.3) is 0 Å². The quantitative estimate of drug-likeness (QED) is 0.879. The Morgan fingerprint density at radius 1 is 1.29 bits per heavy atom. The predicted molar refractivity (Wildman–Crippen MR) is 64.8 cm³/mol. The molecule has 0 aliphatic carbocycles. The summed E-state index contributed by atoms with van der Waals surface area (Å²) < 4.78 is 0. The molecular formula is C13H14N2O2. The van der Waals surface area contributed by atoms with Crippen molar-refractivity contribution in [1.29, 1.82) is 0 Å². The monoisotopic (exact) mass is 230 g/mol. The molecule has 1 N–H and O–H groups in total. The molecule has 0 aliphatic rings. The standard InChI is InChI=1S/C13H14N2O2/c1-13(2,6-12(16)17)11-5-3-4-9-7-14-15-8-10(9)11/h3-5,7-8H,6H2,1-2H3,(H,16,17). The lowest BCUT2D eigenvalue weighted by molar-refractivity contribution is -0.138. The van der Waals surface area contributed by atoms with Gasteiger partial charge in [-0.1, -0.05) is 32.0 Å². The Kier molecular flexibility index (Phi) is 2.79. The highest BCUT2D eigenvalue weighted by Gasteiger charge is 2.25. The lowest BCUT2D eigenvalue weighted by Crippen LogP contribution is -2.22. The summed E-state index contributed by atoms with van der Waals surface area (Å²) in [6.45, 7) is 3.85. The Morgan fingerprint density at radius 2 is 2.00 bits per heavy atom. The highest BCUT2D eigenvalue weighted by Crippen LogP contribution is 2.32. The van der Waals surface area contributed by atoms with Gasteiger partial charge in [-0.3, -0.25) is 4.79 Å². The molecule has 1 aromatic heterocycles. The Labute approximate surface area is 99.3 Å². The maximum Gasteiger partial charge on any atom is 0.304 e. The molecule has 4 nitrogen and oxygen atoms in total. The number of aliphatic carboxylic acids is 1. The number of nitrogens with zero attached hydrogens (tertiary/aromatic N) is 2. The van der Waals surface area contributed by atoms with E-state index in [2.05, 4.69) is 10.2 Å². The van der Waals surface area contributed by atoms with Crippen molar-refractivity contribution in [3.8, 4) is 0 Å². The molecule has 0 aliphatic heterocycles. The molecule has 88 valence electrons. The van der Waals surface area contributed by atoms with E-state index in [1.54, 1.807) is 12.4 Å². The number of benzene rings is 1. The van der Waals surface area contributed by atoms with E-state index in [0.717, 1.165) is 16.3 Å². The van der Waals surface area contributed by atoms with E-state index in [9.17, 15) is 4.79 Å². The second kappa shape index (κ2) is 4.13. The zero-order chi connectivity index (χ0) is 12.5. The number of carboxylic acid groups (broad SMARTS) is 1. The molecule has 4 heteroatoms. The number of hydrogen-bond donors (Lipinski definition) is 1. The normalized spacial score (nSPS) is 11.6. The topological polar surface area (TPSA) is 63.1 Å². The van der Waals surface area contributed by atoms with Crippen molar-refractivity contribution in [2.75, 3.05) is 0 Å². The van der Waals surface area contributed by atoms with Crippen LogP contribution < -0.4 is 0 Å². The Morgan fingerprint density at radius 3 is 2.71 bits per heavy atom. The van der Waals surface area contributed by atoms with Crippen LogP contribution in [0.5, 0.6) is 0 Å². The van der Waals surface area contributed by atoms with Gasteiger partial charge in [0.1, 0.15) is 0 Å². The SMILES string of the molecule is CC(C)(CC(=O)O)c1cccc2cnncc12. The maximum absolute atomic E-state index is 10.9. The summed E-state index contributed by atoms with van der Waals surface area (Å²) in [5.74, 6) is -0.797. The number of fused-ring (bicyclic) bond motifs is 1. The van der Waals surface area contributed by atoms with E-state index in [4.69, 9.17) is 5.11 Å². The number of carboxylic acids is 1. The van der Waals surface area contributed by atoms with E-state index in [1.807, 2.05) is 32.0 Å². The van der Waals surface area contributed by atoms with E-state index in [0.29, 0.717) is 0 Å². The van der Waals surface area contributed by atoms with Gasteiger partial charge >= 0.3 is 5.97 Å². The van der Waals surface area contributed by atoms with Crippen LogP contribution >= 0.6 is 0 Å². The molecule has 2 rings (SSSR count). The zero-order valence-electron chi connectivity index (χ0n) is 9.84. The van der Waals surface area contributed by atoms with Crippen LogP contribution in [0.2, 0.25) is 0 Å². The van der Waals surface area contributed by atoms with Gasteiger partial charge in [-0.05, 0) is 5.56 Å². The molecule has 0 bridgehead atoms. The maximum atomic E-state index is 10.9. The van der Waals surface area contributed by atoms with Gasteiger partial charge in [0.15, 0.2) is 0 Å². The Bertz CT molecular complexity index is 559. The lowest BCUT2D eigenvalue weighted by atomic mass is 9.79. The van der Waals surface area contributed by atoms with Crippen LogP contribution in [0.3, 0.4) is 0 Å². The molecule has 1 aromatic carbocycles. The van der Waals surface area contributed by atoms with Crippen molar-refractivity contribution in [3.05, 3.63) is 36.2 Å². The number of hydrogen-bond acceptors (Lipinski definition) is 3. The van der Waals surface area contributed by atoms with Gasteiger partial charge in [0, 0.05) is 16.2 Å². The lowest BCUT2D eigenvalue weighted by Gasteiger charge is -2.24. The minimum Gasteiger partial charge on any atom is -0.481 e. The molecule has 0 unspecified atom stereocenters.